The largest absolute Gasteiger partial charge is 0.349 e. The van der Waals surface area contributed by atoms with Crippen molar-refractivity contribution in [2.45, 2.75) is 43.8 Å². The smallest absolute Gasteiger partial charge is 0.233 e. The number of amides is 1. The van der Waals surface area contributed by atoms with Crippen LogP contribution in [0.25, 0.3) is 11.4 Å². The minimum Gasteiger partial charge on any atom is -0.349 e. The van der Waals surface area contributed by atoms with E-state index in [0.717, 1.165) is 17.0 Å². The third-order valence-corrected chi connectivity index (χ3v) is 5.43. The molecule has 3 aromatic rings. The first-order valence-corrected chi connectivity index (χ1v) is 9.93. The van der Waals surface area contributed by atoms with Crippen LogP contribution in [0.1, 0.15) is 32.4 Å². The fraction of sp³-hybridized carbons (Fsp3) is 0.300. The van der Waals surface area contributed by atoms with Crippen molar-refractivity contribution in [1.82, 2.24) is 25.1 Å². The number of hydrogen-bond acceptors (Lipinski definition) is 5. The summed E-state index contributed by atoms with van der Waals surface area (Å²) in [5.74, 6) is 0.340. The third-order valence-electron chi connectivity index (χ3n) is 4.35. The zero-order valence-electron chi connectivity index (χ0n) is 16.0. The highest BCUT2D eigenvalue weighted by atomic mass is 32.2. The number of nitrogens with zero attached hydrogens (tertiary/aromatic N) is 4. The molecule has 8 heteroatoms. The molecule has 0 bridgehead atoms. The fourth-order valence-corrected chi connectivity index (χ4v) is 3.67. The summed E-state index contributed by atoms with van der Waals surface area (Å²) in [7, 11) is 0. The van der Waals surface area contributed by atoms with E-state index in [4.69, 9.17) is 0 Å². The molecule has 0 aliphatic heterocycles. The van der Waals surface area contributed by atoms with Gasteiger partial charge >= 0.3 is 0 Å². The molecular weight excluding hydrogens is 377 g/mol. The molecule has 3 rings (SSSR count). The highest BCUT2D eigenvalue weighted by molar-refractivity contribution is 8.00. The molecule has 1 amide bonds. The number of aromatic nitrogens is 4. The van der Waals surface area contributed by atoms with E-state index >= 15 is 0 Å². The molecule has 0 spiro atoms. The maximum absolute atomic E-state index is 13.1. The molecule has 1 N–H and O–H groups in total. The van der Waals surface area contributed by atoms with E-state index in [1.165, 1.54) is 23.9 Å². The Balaban J connectivity index is 1.68. The molecule has 2 atom stereocenters. The van der Waals surface area contributed by atoms with E-state index in [-0.39, 0.29) is 23.0 Å². The van der Waals surface area contributed by atoms with E-state index in [1.54, 1.807) is 24.5 Å². The van der Waals surface area contributed by atoms with Crippen LogP contribution in [0, 0.1) is 5.82 Å². The van der Waals surface area contributed by atoms with Gasteiger partial charge in [-0.1, -0.05) is 23.9 Å². The van der Waals surface area contributed by atoms with Crippen molar-refractivity contribution in [1.29, 1.82) is 0 Å². The van der Waals surface area contributed by atoms with E-state index in [1.807, 2.05) is 37.5 Å². The van der Waals surface area contributed by atoms with Gasteiger partial charge in [-0.3, -0.25) is 9.78 Å². The molecule has 2 aromatic heterocycles. The average molecular weight is 399 g/mol. The van der Waals surface area contributed by atoms with Gasteiger partial charge in [0.15, 0.2) is 11.0 Å². The Morgan fingerprint density at radius 2 is 1.82 bits per heavy atom. The topological polar surface area (TPSA) is 72.7 Å². The maximum Gasteiger partial charge on any atom is 0.233 e. The summed E-state index contributed by atoms with van der Waals surface area (Å²) in [6.07, 6.45) is 3.42. The first kappa shape index (κ1) is 20.0. The molecule has 0 aliphatic carbocycles. The molecule has 1 aromatic carbocycles. The summed E-state index contributed by atoms with van der Waals surface area (Å²) in [4.78, 5) is 16.6. The second kappa shape index (κ2) is 8.97. The molecule has 0 saturated carbocycles. The van der Waals surface area contributed by atoms with Crippen molar-refractivity contribution in [3.63, 3.8) is 0 Å². The van der Waals surface area contributed by atoms with E-state index in [0.29, 0.717) is 11.7 Å². The normalized spacial score (nSPS) is 13.1. The van der Waals surface area contributed by atoms with Crippen LogP contribution in [-0.2, 0) is 11.3 Å². The van der Waals surface area contributed by atoms with Crippen molar-refractivity contribution < 1.29 is 9.18 Å². The van der Waals surface area contributed by atoms with Gasteiger partial charge in [0, 0.05) is 24.5 Å². The lowest BCUT2D eigenvalue weighted by molar-refractivity contribution is -0.120. The van der Waals surface area contributed by atoms with Crippen molar-refractivity contribution in [2.24, 2.45) is 0 Å². The lowest BCUT2D eigenvalue weighted by atomic mass is 10.1. The lowest BCUT2D eigenvalue weighted by Gasteiger charge is -2.18. The van der Waals surface area contributed by atoms with Crippen molar-refractivity contribution in [2.75, 3.05) is 0 Å². The van der Waals surface area contributed by atoms with Crippen LogP contribution in [0.4, 0.5) is 4.39 Å². The Labute approximate surface area is 167 Å². The number of thioether (sulfide) groups is 1. The summed E-state index contributed by atoms with van der Waals surface area (Å²) in [6.45, 7) is 6.41. The highest BCUT2D eigenvalue weighted by Gasteiger charge is 2.21. The van der Waals surface area contributed by atoms with Crippen LogP contribution in [0.15, 0.2) is 53.9 Å². The fourth-order valence-electron chi connectivity index (χ4n) is 2.75. The van der Waals surface area contributed by atoms with Gasteiger partial charge in [0.05, 0.1) is 11.3 Å². The Bertz CT molecular complexity index is 930. The Morgan fingerprint density at radius 1 is 1.14 bits per heavy atom. The Hall–Kier alpha value is -2.74. The number of benzene rings is 1. The first-order chi connectivity index (χ1) is 13.5. The zero-order chi connectivity index (χ0) is 20.1. The van der Waals surface area contributed by atoms with Crippen molar-refractivity contribution >= 4 is 17.7 Å². The SMILES string of the molecule is CCn1c(SC(C)C(=O)NC(C)c2ccc(F)cc2)nnc1-c1ccncc1. The molecule has 28 heavy (non-hydrogen) atoms. The summed E-state index contributed by atoms with van der Waals surface area (Å²) in [6, 6.07) is 9.67. The van der Waals surface area contributed by atoms with E-state index < -0.39 is 0 Å². The predicted molar refractivity (Wildman–Crippen MR) is 107 cm³/mol. The van der Waals surface area contributed by atoms with E-state index in [9.17, 15) is 9.18 Å². The molecule has 0 saturated heterocycles. The zero-order valence-corrected chi connectivity index (χ0v) is 16.8. The van der Waals surface area contributed by atoms with Gasteiger partial charge in [-0.05, 0) is 50.6 Å². The monoisotopic (exact) mass is 399 g/mol. The number of hydrogen-bond donors (Lipinski definition) is 1. The van der Waals surface area contributed by atoms with Crippen LogP contribution in [0.2, 0.25) is 0 Å². The molecule has 6 nitrogen and oxygen atoms in total. The maximum atomic E-state index is 13.1. The van der Waals surface area contributed by atoms with Crippen LogP contribution in [0.5, 0.6) is 0 Å². The van der Waals surface area contributed by atoms with Gasteiger partial charge in [-0.25, -0.2) is 4.39 Å². The van der Waals surface area contributed by atoms with Crippen LogP contribution < -0.4 is 5.32 Å². The van der Waals surface area contributed by atoms with Gasteiger partial charge < -0.3 is 9.88 Å². The summed E-state index contributed by atoms with van der Waals surface area (Å²) >= 11 is 1.36. The van der Waals surface area contributed by atoms with Gasteiger partial charge in [-0.15, -0.1) is 10.2 Å². The lowest BCUT2D eigenvalue weighted by Crippen LogP contribution is -2.33. The van der Waals surface area contributed by atoms with E-state index in [2.05, 4.69) is 20.5 Å². The quantitative estimate of drug-likeness (QED) is 0.611. The number of pyridine rings is 1. The summed E-state index contributed by atoms with van der Waals surface area (Å²) in [5, 5.41) is 11.8. The summed E-state index contributed by atoms with van der Waals surface area (Å²) < 4.78 is 15.0. The molecular formula is C20H22FN5OS. The van der Waals surface area contributed by atoms with Crippen LogP contribution in [-0.4, -0.2) is 30.9 Å². The Morgan fingerprint density at radius 3 is 2.46 bits per heavy atom. The number of carbonyl (C=O) groups is 1. The van der Waals surface area contributed by atoms with Crippen LogP contribution in [0.3, 0.4) is 0 Å². The minimum atomic E-state index is -0.359. The number of carbonyl (C=O) groups excluding carboxylic acids is 1. The van der Waals surface area contributed by atoms with Gasteiger partial charge in [0.2, 0.25) is 5.91 Å². The van der Waals surface area contributed by atoms with Crippen LogP contribution >= 0.6 is 11.8 Å². The predicted octanol–water partition coefficient (Wildman–Crippen LogP) is 3.86. The third kappa shape index (κ3) is 4.56. The van der Waals surface area contributed by atoms with Gasteiger partial charge in [0.1, 0.15) is 5.82 Å². The standard InChI is InChI=1S/C20H22FN5OS/c1-4-26-18(16-9-11-22-12-10-16)24-25-20(26)28-14(3)19(27)23-13(2)15-5-7-17(21)8-6-15/h5-14H,4H2,1-3H3,(H,23,27). The second-order valence-electron chi connectivity index (χ2n) is 6.33. The molecule has 2 heterocycles. The van der Waals surface area contributed by atoms with Gasteiger partial charge in [-0.2, -0.15) is 0 Å². The second-order valence-corrected chi connectivity index (χ2v) is 7.64. The molecule has 0 aliphatic rings. The van der Waals surface area contributed by atoms with Crippen molar-refractivity contribution in [3.05, 3.63) is 60.2 Å². The number of nitrogens with one attached hydrogen (secondary N) is 1. The Kier molecular flexibility index (Phi) is 6.41. The molecule has 2 unspecified atom stereocenters. The van der Waals surface area contributed by atoms with Crippen molar-refractivity contribution in [3.8, 4) is 11.4 Å². The number of halogens is 1. The molecule has 0 fully saturated rings. The first-order valence-electron chi connectivity index (χ1n) is 9.05. The molecule has 0 radical (unpaired) electrons. The minimum absolute atomic E-state index is 0.113. The average Bonchev–Trinajstić information content (AvgIpc) is 3.11. The number of rotatable bonds is 7. The molecule has 146 valence electrons. The highest BCUT2D eigenvalue weighted by Crippen LogP contribution is 2.27. The van der Waals surface area contributed by atoms with Gasteiger partial charge in [0.25, 0.3) is 0 Å². The summed E-state index contributed by atoms with van der Waals surface area (Å²) in [5.41, 5.74) is 1.78.